The summed E-state index contributed by atoms with van der Waals surface area (Å²) in [5.41, 5.74) is 5.84. The van der Waals surface area contributed by atoms with Gasteiger partial charge < -0.3 is 5.73 Å². The largest absolute Gasteiger partial charge is 0.369 e. The van der Waals surface area contributed by atoms with E-state index in [4.69, 9.17) is 28.9 Å². The molecule has 0 saturated heterocycles. The summed E-state index contributed by atoms with van der Waals surface area (Å²) < 4.78 is 0. The van der Waals surface area contributed by atoms with Crippen LogP contribution in [0, 0.1) is 5.41 Å². The standard InChI is InChI=1S/C12H15Cl2NO/c1-3-12(2,11(15)16)7-8-4-5-9(13)10(14)6-8/h4-6H,3,7H2,1-2H3,(H2,15,16). The molecule has 1 aromatic carbocycles. The zero-order chi connectivity index (χ0) is 12.3. The quantitative estimate of drug-likeness (QED) is 0.885. The third-order valence-electron chi connectivity index (χ3n) is 2.95. The first kappa shape index (κ1) is 13.3. The van der Waals surface area contributed by atoms with Crippen LogP contribution >= 0.6 is 23.2 Å². The Hall–Kier alpha value is -0.730. The second kappa shape index (κ2) is 5.07. The second-order valence-electron chi connectivity index (χ2n) is 4.20. The molecule has 1 rings (SSSR count). The number of hydrogen-bond donors (Lipinski definition) is 1. The molecule has 1 atom stereocenters. The average Bonchev–Trinajstić information content (AvgIpc) is 2.23. The lowest BCUT2D eigenvalue weighted by atomic mass is 9.80. The number of carbonyl (C=O) groups is 1. The number of hydrogen-bond acceptors (Lipinski definition) is 1. The molecule has 2 nitrogen and oxygen atoms in total. The van der Waals surface area contributed by atoms with Gasteiger partial charge in [-0.2, -0.15) is 0 Å². The van der Waals surface area contributed by atoms with E-state index in [2.05, 4.69) is 0 Å². The molecule has 2 N–H and O–H groups in total. The summed E-state index contributed by atoms with van der Waals surface area (Å²) in [5, 5.41) is 1.02. The summed E-state index contributed by atoms with van der Waals surface area (Å²) >= 11 is 11.7. The van der Waals surface area contributed by atoms with Crippen LogP contribution in [0.3, 0.4) is 0 Å². The molecule has 0 saturated carbocycles. The average molecular weight is 260 g/mol. The predicted octanol–water partition coefficient (Wildman–Crippen LogP) is 3.44. The van der Waals surface area contributed by atoms with Crippen LogP contribution in [-0.4, -0.2) is 5.91 Å². The fraction of sp³-hybridized carbons (Fsp3) is 0.417. The minimum atomic E-state index is -0.531. The Balaban J connectivity index is 2.95. The van der Waals surface area contributed by atoms with Crippen LogP contribution in [0.25, 0.3) is 0 Å². The maximum Gasteiger partial charge on any atom is 0.223 e. The molecule has 0 heterocycles. The summed E-state index contributed by atoms with van der Waals surface area (Å²) in [6.07, 6.45) is 1.28. The molecule has 1 aromatic rings. The van der Waals surface area contributed by atoms with E-state index in [-0.39, 0.29) is 5.91 Å². The molecule has 4 heteroatoms. The normalized spacial score (nSPS) is 14.5. The van der Waals surface area contributed by atoms with Crippen LogP contribution in [0.5, 0.6) is 0 Å². The third kappa shape index (κ3) is 2.89. The van der Waals surface area contributed by atoms with Gasteiger partial charge in [0, 0.05) is 5.41 Å². The summed E-state index contributed by atoms with van der Waals surface area (Å²) in [6.45, 7) is 3.81. The molecular weight excluding hydrogens is 245 g/mol. The van der Waals surface area contributed by atoms with Gasteiger partial charge in [-0.05, 0) is 30.5 Å². The fourth-order valence-electron chi connectivity index (χ4n) is 1.49. The van der Waals surface area contributed by atoms with Crippen molar-refractivity contribution in [3.05, 3.63) is 33.8 Å². The molecule has 0 radical (unpaired) electrons. The van der Waals surface area contributed by atoms with Gasteiger partial charge in [0.1, 0.15) is 0 Å². The number of benzene rings is 1. The van der Waals surface area contributed by atoms with Gasteiger partial charge in [-0.15, -0.1) is 0 Å². The topological polar surface area (TPSA) is 43.1 Å². The fourth-order valence-corrected chi connectivity index (χ4v) is 1.81. The SMILES string of the molecule is CCC(C)(Cc1ccc(Cl)c(Cl)c1)C(N)=O. The maximum absolute atomic E-state index is 11.4. The summed E-state index contributed by atoms with van der Waals surface area (Å²) in [4.78, 5) is 11.4. The van der Waals surface area contributed by atoms with Crippen LogP contribution < -0.4 is 5.73 Å². The second-order valence-corrected chi connectivity index (χ2v) is 5.02. The Bertz CT molecular complexity index is 406. The highest BCUT2D eigenvalue weighted by molar-refractivity contribution is 6.42. The van der Waals surface area contributed by atoms with Crippen molar-refractivity contribution in [1.82, 2.24) is 0 Å². The van der Waals surface area contributed by atoms with Crippen molar-refractivity contribution in [3.63, 3.8) is 0 Å². The van der Waals surface area contributed by atoms with E-state index in [9.17, 15) is 4.79 Å². The number of nitrogens with two attached hydrogens (primary N) is 1. The van der Waals surface area contributed by atoms with Gasteiger partial charge in [0.15, 0.2) is 0 Å². The molecule has 0 aliphatic rings. The van der Waals surface area contributed by atoms with E-state index >= 15 is 0 Å². The number of carbonyl (C=O) groups excluding carboxylic acids is 1. The van der Waals surface area contributed by atoms with Gasteiger partial charge in [-0.3, -0.25) is 4.79 Å². The predicted molar refractivity (Wildman–Crippen MR) is 67.8 cm³/mol. The minimum Gasteiger partial charge on any atom is -0.369 e. The molecule has 1 amide bonds. The lowest BCUT2D eigenvalue weighted by Gasteiger charge is -2.24. The summed E-state index contributed by atoms with van der Waals surface area (Å²) in [5.74, 6) is -0.291. The zero-order valence-electron chi connectivity index (χ0n) is 9.39. The van der Waals surface area contributed by atoms with Crippen molar-refractivity contribution < 1.29 is 4.79 Å². The Labute approximate surface area is 106 Å². The maximum atomic E-state index is 11.4. The van der Waals surface area contributed by atoms with Gasteiger partial charge in [0.05, 0.1) is 10.0 Å². The molecular formula is C12H15Cl2NO. The Kier molecular flexibility index (Phi) is 4.22. The van der Waals surface area contributed by atoms with Gasteiger partial charge in [0.25, 0.3) is 0 Å². The third-order valence-corrected chi connectivity index (χ3v) is 3.69. The van der Waals surface area contributed by atoms with Gasteiger partial charge in [-0.1, -0.05) is 43.1 Å². The summed E-state index contributed by atoms with van der Waals surface area (Å²) in [6, 6.07) is 5.38. The first-order valence-corrected chi connectivity index (χ1v) is 5.88. The van der Waals surface area contributed by atoms with E-state index in [0.29, 0.717) is 22.9 Å². The highest BCUT2D eigenvalue weighted by Crippen LogP contribution is 2.29. The van der Waals surface area contributed by atoms with Crippen LogP contribution in [0.1, 0.15) is 25.8 Å². The van der Waals surface area contributed by atoms with E-state index in [1.54, 1.807) is 12.1 Å². The minimum absolute atomic E-state index is 0.291. The van der Waals surface area contributed by atoms with E-state index in [1.807, 2.05) is 19.9 Å². The number of primary amides is 1. The smallest absolute Gasteiger partial charge is 0.223 e. The lowest BCUT2D eigenvalue weighted by Crippen LogP contribution is -2.35. The van der Waals surface area contributed by atoms with E-state index < -0.39 is 5.41 Å². The van der Waals surface area contributed by atoms with Crippen LogP contribution in [0.2, 0.25) is 10.0 Å². The lowest BCUT2D eigenvalue weighted by molar-refractivity contribution is -0.126. The van der Waals surface area contributed by atoms with Crippen molar-refractivity contribution in [3.8, 4) is 0 Å². The van der Waals surface area contributed by atoms with Crippen LogP contribution in [-0.2, 0) is 11.2 Å². The van der Waals surface area contributed by atoms with E-state index in [0.717, 1.165) is 5.56 Å². The highest BCUT2D eigenvalue weighted by Gasteiger charge is 2.29. The first-order chi connectivity index (χ1) is 7.39. The number of rotatable bonds is 4. The molecule has 16 heavy (non-hydrogen) atoms. The number of amides is 1. The van der Waals surface area contributed by atoms with Gasteiger partial charge in [0.2, 0.25) is 5.91 Å². The zero-order valence-corrected chi connectivity index (χ0v) is 10.9. The highest BCUT2D eigenvalue weighted by atomic mass is 35.5. The first-order valence-electron chi connectivity index (χ1n) is 5.13. The molecule has 0 aliphatic carbocycles. The number of halogens is 2. The molecule has 0 spiro atoms. The van der Waals surface area contributed by atoms with E-state index in [1.165, 1.54) is 0 Å². The molecule has 1 unspecified atom stereocenters. The Morgan fingerprint density at radius 3 is 2.44 bits per heavy atom. The van der Waals surface area contributed by atoms with Crippen molar-refractivity contribution in [2.75, 3.05) is 0 Å². The molecule has 0 bridgehead atoms. The molecule has 88 valence electrons. The monoisotopic (exact) mass is 259 g/mol. The summed E-state index contributed by atoms with van der Waals surface area (Å²) in [7, 11) is 0. The van der Waals surface area contributed by atoms with Crippen molar-refractivity contribution in [2.45, 2.75) is 26.7 Å². The van der Waals surface area contributed by atoms with Gasteiger partial charge in [-0.25, -0.2) is 0 Å². The van der Waals surface area contributed by atoms with Crippen molar-refractivity contribution in [1.29, 1.82) is 0 Å². The van der Waals surface area contributed by atoms with Crippen LogP contribution in [0.15, 0.2) is 18.2 Å². The molecule has 0 aliphatic heterocycles. The van der Waals surface area contributed by atoms with Crippen LogP contribution in [0.4, 0.5) is 0 Å². The van der Waals surface area contributed by atoms with Crippen molar-refractivity contribution >= 4 is 29.1 Å². The van der Waals surface area contributed by atoms with Crippen molar-refractivity contribution in [2.24, 2.45) is 11.1 Å². The van der Waals surface area contributed by atoms with Gasteiger partial charge >= 0.3 is 0 Å². The molecule has 0 aromatic heterocycles. The Morgan fingerprint density at radius 2 is 2.00 bits per heavy atom. The molecule has 0 fully saturated rings. The Morgan fingerprint density at radius 1 is 1.38 bits per heavy atom.